The average Bonchev–Trinajstić information content (AvgIpc) is 2.08. The molecule has 0 aromatic heterocycles. The van der Waals surface area contributed by atoms with E-state index in [0.29, 0.717) is 5.92 Å². The highest BCUT2D eigenvalue weighted by atomic mass is 16.6. The SMILES string of the molecule is C=C1CC[C@@H](C)[C@H](NC(=O)OC(C)(C)C)C1. The molecule has 0 heterocycles. The topological polar surface area (TPSA) is 38.3 Å². The van der Waals surface area contributed by atoms with Gasteiger partial charge in [-0.1, -0.05) is 19.1 Å². The molecule has 0 unspecified atom stereocenters. The van der Waals surface area contributed by atoms with Crippen LogP contribution in [0.4, 0.5) is 4.79 Å². The van der Waals surface area contributed by atoms with Crippen molar-refractivity contribution in [3.05, 3.63) is 12.2 Å². The van der Waals surface area contributed by atoms with Gasteiger partial charge in [0.15, 0.2) is 0 Å². The minimum atomic E-state index is -0.432. The first-order valence-corrected chi connectivity index (χ1v) is 5.94. The lowest BCUT2D eigenvalue weighted by Gasteiger charge is -2.31. The van der Waals surface area contributed by atoms with E-state index in [1.54, 1.807) is 0 Å². The molecule has 1 amide bonds. The molecular weight excluding hydrogens is 202 g/mol. The lowest BCUT2D eigenvalue weighted by Crippen LogP contribution is -2.43. The Morgan fingerprint density at radius 2 is 2.12 bits per heavy atom. The molecule has 0 bridgehead atoms. The summed E-state index contributed by atoms with van der Waals surface area (Å²) in [5.74, 6) is 0.498. The normalized spacial score (nSPS) is 26.4. The van der Waals surface area contributed by atoms with Crippen LogP contribution in [0.15, 0.2) is 12.2 Å². The van der Waals surface area contributed by atoms with Gasteiger partial charge in [-0.3, -0.25) is 0 Å². The number of rotatable bonds is 1. The van der Waals surface area contributed by atoms with E-state index in [1.165, 1.54) is 5.57 Å². The van der Waals surface area contributed by atoms with Gasteiger partial charge in [-0.15, -0.1) is 0 Å². The molecule has 1 aliphatic rings. The molecule has 3 heteroatoms. The predicted molar refractivity (Wildman–Crippen MR) is 65.3 cm³/mol. The predicted octanol–water partition coefficient (Wildman–Crippen LogP) is 3.26. The number of carbonyl (C=O) groups is 1. The van der Waals surface area contributed by atoms with Gasteiger partial charge in [-0.2, -0.15) is 0 Å². The van der Waals surface area contributed by atoms with Crippen LogP contribution < -0.4 is 5.32 Å². The average molecular weight is 225 g/mol. The fraction of sp³-hybridized carbons (Fsp3) is 0.769. The van der Waals surface area contributed by atoms with Crippen molar-refractivity contribution >= 4 is 6.09 Å². The summed E-state index contributed by atoms with van der Waals surface area (Å²) in [5.41, 5.74) is 0.790. The first-order chi connectivity index (χ1) is 7.28. The maximum absolute atomic E-state index is 11.6. The van der Waals surface area contributed by atoms with Crippen molar-refractivity contribution in [2.45, 2.75) is 58.6 Å². The largest absolute Gasteiger partial charge is 0.444 e. The zero-order valence-corrected chi connectivity index (χ0v) is 10.8. The third-order valence-electron chi connectivity index (χ3n) is 2.85. The Morgan fingerprint density at radius 3 is 2.69 bits per heavy atom. The van der Waals surface area contributed by atoms with Gasteiger partial charge in [-0.25, -0.2) is 4.79 Å². The molecule has 0 saturated heterocycles. The molecule has 0 radical (unpaired) electrons. The van der Waals surface area contributed by atoms with Gasteiger partial charge in [0.25, 0.3) is 0 Å². The number of amides is 1. The van der Waals surface area contributed by atoms with Gasteiger partial charge in [0, 0.05) is 6.04 Å². The van der Waals surface area contributed by atoms with Crippen molar-refractivity contribution in [1.82, 2.24) is 5.32 Å². The first-order valence-electron chi connectivity index (χ1n) is 5.94. The molecule has 0 aliphatic heterocycles. The molecule has 3 nitrogen and oxygen atoms in total. The molecule has 1 rings (SSSR count). The summed E-state index contributed by atoms with van der Waals surface area (Å²) in [6.45, 7) is 11.8. The number of nitrogens with one attached hydrogen (secondary N) is 1. The summed E-state index contributed by atoms with van der Waals surface area (Å²) >= 11 is 0. The monoisotopic (exact) mass is 225 g/mol. The summed E-state index contributed by atoms with van der Waals surface area (Å²) in [5, 5.41) is 2.93. The van der Waals surface area contributed by atoms with Gasteiger partial charge >= 0.3 is 6.09 Å². The number of hydrogen-bond acceptors (Lipinski definition) is 2. The Labute approximate surface area is 98.2 Å². The molecule has 2 atom stereocenters. The Morgan fingerprint density at radius 1 is 1.50 bits per heavy atom. The summed E-state index contributed by atoms with van der Waals surface area (Å²) in [6, 6.07) is 0.177. The Hall–Kier alpha value is -0.990. The smallest absolute Gasteiger partial charge is 0.407 e. The minimum Gasteiger partial charge on any atom is -0.444 e. The highest BCUT2D eigenvalue weighted by molar-refractivity contribution is 5.68. The van der Waals surface area contributed by atoms with E-state index in [1.807, 2.05) is 20.8 Å². The van der Waals surface area contributed by atoms with Crippen molar-refractivity contribution in [3.63, 3.8) is 0 Å². The minimum absolute atomic E-state index is 0.177. The molecule has 1 N–H and O–H groups in total. The summed E-state index contributed by atoms with van der Waals surface area (Å²) in [4.78, 5) is 11.6. The van der Waals surface area contributed by atoms with Crippen LogP contribution in [0, 0.1) is 5.92 Å². The third-order valence-corrected chi connectivity index (χ3v) is 2.85. The third kappa shape index (κ3) is 4.25. The van der Waals surface area contributed by atoms with E-state index in [-0.39, 0.29) is 12.1 Å². The van der Waals surface area contributed by atoms with Crippen LogP contribution in [-0.2, 0) is 4.74 Å². The van der Waals surface area contributed by atoms with Gasteiger partial charge in [-0.05, 0) is 46.0 Å². The summed E-state index contributed by atoms with van der Waals surface area (Å²) < 4.78 is 5.24. The lowest BCUT2D eigenvalue weighted by molar-refractivity contribution is 0.0481. The van der Waals surface area contributed by atoms with Gasteiger partial charge in [0.2, 0.25) is 0 Å². The second kappa shape index (κ2) is 4.89. The molecule has 1 fully saturated rings. The fourth-order valence-corrected chi connectivity index (χ4v) is 1.90. The number of hydrogen-bond donors (Lipinski definition) is 1. The van der Waals surface area contributed by atoms with Crippen LogP contribution in [0.1, 0.15) is 47.0 Å². The Bertz CT molecular complexity index is 278. The van der Waals surface area contributed by atoms with Crippen molar-refractivity contribution in [2.75, 3.05) is 0 Å². The molecule has 1 saturated carbocycles. The molecule has 0 aromatic carbocycles. The molecular formula is C13H23NO2. The number of carbonyl (C=O) groups excluding carboxylic acids is 1. The quantitative estimate of drug-likeness (QED) is 0.696. The number of alkyl carbamates (subject to hydrolysis) is 1. The second-order valence-corrected chi connectivity index (χ2v) is 5.72. The lowest BCUT2D eigenvalue weighted by atomic mass is 9.83. The van der Waals surface area contributed by atoms with E-state index in [4.69, 9.17) is 4.74 Å². The summed E-state index contributed by atoms with van der Waals surface area (Å²) in [7, 11) is 0. The molecule has 1 aliphatic carbocycles. The zero-order chi connectivity index (χ0) is 12.3. The van der Waals surface area contributed by atoms with Crippen LogP contribution in [0.3, 0.4) is 0 Å². The van der Waals surface area contributed by atoms with Crippen LogP contribution in [0.5, 0.6) is 0 Å². The van der Waals surface area contributed by atoms with Crippen molar-refractivity contribution in [3.8, 4) is 0 Å². The Balaban J connectivity index is 2.46. The van der Waals surface area contributed by atoms with Gasteiger partial charge in [0.1, 0.15) is 5.60 Å². The van der Waals surface area contributed by atoms with Crippen LogP contribution in [0.25, 0.3) is 0 Å². The Kier molecular flexibility index (Phi) is 4.00. The van der Waals surface area contributed by atoms with E-state index in [2.05, 4.69) is 18.8 Å². The maximum Gasteiger partial charge on any atom is 0.407 e. The highest BCUT2D eigenvalue weighted by Gasteiger charge is 2.26. The first kappa shape index (κ1) is 13.1. The van der Waals surface area contributed by atoms with Gasteiger partial charge < -0.3 is 10.1 Å². The van der Waals surface area contributed by atoms with Crippen LogP contribution in [0.2, 0.25) is 0 Å². The maximum atomic E-state index is 11.6. The van der Waals surface area contributed by atoms with E-state index in [9.17, 15) is 4.79 Å². The van der Waals surface area contributed by atoms with E-state index < -0.39 is 5.60 Å². The van der Waals surface area contributed by atoms with E-state index in [0.717, 1.165) is 19.3 Å². The van der Waals surface area contributed by atoms with Crippen molar-refractivity contribution in [1.29, 1.82) is 0 Å². The van der Waals surface area contributed by atoms with Crippen molar-refractivity contribution in [2.24, 2.45) is 5.92 Å². The summed E-state index contributed by atoms with van der Waals surface area (Å²) in [6.07, 6.45) is 2.73. The second-order valence-electron chi connectivity index (χ2n) is 5.72. The van der Waals surface area contributed by atoms with Crippen LogP contribution >= 0.6 is 0 Å². The standard InChI is InChI=1S/C13H23NO2/c1-9-6-7-10(2)11(8-9)14-12(15)16-13(3,4)5/h10-11H,1,6-8H2,2-5H3,(H,14,15)/t10-,11-/m1/s1. The fourth-order valence-electron chi connectivity index (χ4n) is 1.90. The van der Waals surface area contributed by atoms with Gasteiger partial charge in [0.05, 0.1) is 0 Å². The molecule has 0 aromatic rings. The van der Waals surface area contributed by atoms with E-state index >= 15 is 0 Å². The zero-order valence-electron chi connectivity index (χ0n) is 10.8. The van der Waals surface area contributed by atoms with Crippen molar-refractivity contribution < 1.29 is 9.53 Å². The number of ether oxygens (including phenoxy) is 1. The highest BCUT2D eigenvalue weighted by Crippen LogP contribution is 2.27. The molecule has 0 spiro atoms. The molecule has 16 heavy (non-hydrogen) atoms. The molecule has 92 valence electrons. The van der Waals surface area contributed by atoms with Crippen LogP contribution in [-0.4, -0.2) is 17.7 Å².